The van der Waals surface area contributed by atoms with E-state index in [4.69, 9.17) is 12.2 Å². The average Bonchev–Trinajstić information content (AvgIpc) is 2.81. The Balaban J connectivity index is 1.70. The molecule has 0 aliphatic heterocycles. The third kappa shape index (κ3) is 1.82. The molecule has 3 heteroatoms. The van der Waals surface area contributed by atoms with Crippen molar-refractivity contribution in [1.82, 2.24) is 9.78 Å². The average molecular weight is 269 g/mol. The van der Waals surface area contributed by atoms with Gasteiger partial charge in [-0.15, -0.1) is 6.42 Å². The summed E-state index contributed by atoms with van der Waals surface area (Å²) in [5.74, 6) is 7.17. The van der Waals surface area contributed by atoms with Crippen molar-refractivity contribution in [2.45, 2.75) is 51.1 Å². The van der Waals surface area contributed by atoms with Gasteiger partial charge in [0.15, 0.2) is 0 Å². The second-order valence-electron chi connectivity index (χ2n) is 7.08. The number of hydrogen-bond acceptors (Lipinski definition) is 2. The number of terminal acetylenes is 1. The molecule has 0 spiro atoms. The van der Waals surface area contributed by atoms with Crippen molar-refractivity contribution in [1.29, 1.82) is 0 Å². The molecule has 20 heavy (non-hydrogen) atoms. The van der Waals surface area contributed by atoms with E-state index >= 15 is 0 Å². The van der Waals surface area contributed by atoms with Crippen molar-refractivity contribution >= 4 is 0 Å². The van der Waals surface area contributed by atoms with E-state index in [2.05, 4.69) is 21.8 Å². The predicted octanol–water partition coefficient (Wildman–Crippen LogP) is 2.51. The summed E-state index contributed by atoms with van der Waals surface area (Å²) in [5, 5.41) is 4.60. The van der Waals surface area contributed by atoms with Gasteiger partial charge in [0.1, 0.15) is 6.54 Å². The summed E-state index contributed by atoms with van der Waals surface area (Å²) in [4.78, 5) is 0. The highest BCUT2D eigenvalue weighted by molar-refractivity contribution is 5.21. The molecule has 2 N–H and O–H groups in total. The lowest BCUT2D eigenvalue weighted by molar-refractivity contribution is -0.00546. The van der Waals surface area contributed by atoms with Crippen molar-refractivity contribution in [3.8, 4) is 12.3 Å². The molecular weight excluding hydrogens is 246 g/mol. The maximum atomic E-state index is 5.78. The normalized spacial score (nSPS) is 38.1. The Bertz CT molecular complexity index is 523. The third-order valence-electron chi connectivity index (χ3n) is 5.88. The summed E-state index contributed by atoms with van der Waals surface area (Å²) in [6.07, 6.45) is 12.7. The minimum atomic E-state index is 0.512. The van der Waals surface area contributed by atoms with Crippen LogP contribution in [0.2, 0.25) is 0 Å². The molecule has 106 valence electrons. The van der Waals surface area contributed by atoms with E-state index in [1.54, 1.807) is 0 Å². The minimum absolute atomic E-state index is 0.512. The molecule has 1 heterocycles. The molecule has 4 saturated carbocycles. The van der Waals surface area contributed by atoms with Gasteiger partial charge in [-0.2, -0.15) is 5.10 Å². The highest BCUT2D eigenvalue weighted by atomic mass is 15.3. The van der Waals surface area contributed by atoms with Crippen LogP contribution in [-0.4, -0.2) is 9.78 Å². The minimum Gasteiger partial charge on any atom is -0.325 e. The van der Waals surface area contributed by atoms with E-state index in [1.165, 1.54) is 37.8 Å². The lowest BCUT2D eigenvalue weighted by Crippen LogP contribution is -2.44. The third-order valence-corrected chi connectivity index (χ3v) is 5.88. The van der Waals surface area contributed by atoms with Gasteiger partial charge >= 0.3 is 0 Å². The van der Waals surface area contributed by atoms with Crippen molar-refractivity contribution in [3.05, 3.63) is 17.5 Å². The van der Waals surface area contributed by atoms with Gasteiger partial charge in [-0.05, 0) is 61.8 Å². The Hall–Kier alpha value is -1.27. The Labute approximate surface area is 120 Å². The van der Waals surface area contributed by atoms with Crippen LogP contribution in [-0.2, 0) is 13.1 Å². The number of aromatic nitrogens is 2. The topological polar surface area (TPSA) is 43.8 Å². The highest BCUT2D eigenvalue weighted by Crippen LogP contribution is 2.59. The molecule has 1 aromatic heterocycles. The predicted molar refractivity (Wildman–Crippen MR) is 78.7 cm³/mol. The Morgan fingerprint density at radius 1 is 1.20 bits per heavy atom. The SMILES string of the molecule is C#CCn1nc(CN)cc1C1C2CC3CC(C2)CC1C3. The molecule has 0 aromatic carbocycles. The molecule has 3 nitrogen and oxygen atoms in total. The number of nitrogens with two attached hydrogens (primary N) is 1. The van der Waals surface area contributed by atoms with Crippen molar-refractivity contribution in [2.75, 3.05) is 0 Å². The van der Waals surface area contributed by atoms with E-state index in [1.807, 2.05) is 0 Å². The molecule has 4 aliphatic carbocycles. The van der Waals surface area contributed by atoms with Crippen LogP contribution >= 0.6 is 0 Å². The van der Waals surface area contributed by atoms with Gasteiger partial charge in [-0.3, -0.25) is 4.68 Å². The summed E-state index contributed by atoms with van der Waals surface area (Å²) in [7, 11) is 0. The Morgan fingerprint density at radius 3 is 2.40 bits per heavy atom. The summed E-state index contributed by atoms with van der Waals surface area (Å²) in [6, 6.07) is 2.23. The fraction of sp³-hybridized carbons (Fsp3) is 0.706. The van der Waals surface area contributed by atoms with Gasteiger partial charge in [0.25, 0.3) is 0 Å². The molecule has 0 amide bonds. The van der Waals surface area contributed by atoms with Gasteiger partial charge in [0.2, 0.25) is 0 Å². The maximum absolute atomic E-state index is 5.78. The number of rotatable bonds is 3. The molecule has 0 radical (unpaired) electrons. The highest BCUT2D eigenvalue weighted by Gasteiger charge is 2.49. The zero-order valence-electron chi connectivity index (χ0n) is 12.0. The van der Waals surface area contributed by atoms with Gasteiger partial charge < -0.3 is 5.73 Å². The summed E-state index contributed by atoms with van der Waals surface area (Å²) in [5.41, 5.74) is 8.14. The molecule has 0 unspecified atom stereocenters. The Morgan fingerprint density at radius 2 is 1.85 bits per heavy atom. The van der Waals surface area contributed by atoms with Crippen LogP contribution in [0.4, 0.5) is 0 Å². The van der Waals surface area contributed by atoms with Crippen LogP contribution in [0, 0.1) is 36.0 Å². The smallest absolute Gasteiger partial charge is 0.102 e. The van der Waals surface area contributed by atoms with Gasteiger partial charge in [0, 0.05) is 18.2 Å². The van der Waals surface area contributed by atoms with Crippen molar-refractivity contribution < 1.29 is 0 Å². The van der Waals surface area contributed by atoms with Crippen LogP contribution in [0.3, 0.4) is 0 Å². The second-order valence-corrected chi connectivity index (χ2v) is 7.08. The number of nitrogens with zero attached hydrogens (tertiary/aromatic N) is 2. The Kier molecular flexibility index (Phi) is 2.89. The zero-order valence-corrected chi connectivity index (χ0v) is 12.0. The van der Waals surface area contributed by atoms with Crippen LogP contribution in [0.5, 0.6) is 0 Å². The van der Waals surface area contributed by atoms with Gasteiger partial charge in [-0.1, -0.05) is 5.92 Å². The van der Waals surface area contributed by atoms with Crippen LogP contribution < -0.4 is 5.73 Å². The molecule has 0 atom stereocenters. The zero-order chi connectivity index (χ0) is 13.7. The van der Waals surface area contributed by atoms with E-state index in [0.29, 0.717) is 19.0 Å². The fourth-order valence-electron chi connectivity index (χ4n) is 5.48. The molecule has 4 bridgehead atoms. The van der Waals surface area contributed by atoms with Gasteiger partial charge in [-0.25, -0.2) is 0 Å². The number of hydrogen-bond donors (Lipinski definition) is 1. The summed E-state index contributed by atoms with van der Waals surface area (Å²) < 4.78 is 2.05. The quantitative estimate of drug-likeness (QED) is 0.857. The lowest BCUT2D eigenvalue weighted by Gasteiger charge is -2.54. The fourth-order valence-corrected chi connectivity index (χ4v) is 5.48. The van der Waals surface area contributed by atoms with E-state index in [-0.39, 0.29) is 0 Å². The first-order valence-corrected chi connectivity index (χ1v) is 7.98. The standard InChI is InChI=1S/C17H23N3/c1-2-3-20-16(9-15(10-18)19-20)17-13-5-11-4-12(7-13)8-14(17)6-11/h1,9,11-14,17H,3-8,10,18H2. The summed E-state index contributed by atoms with van der Waals surface area (Å²) in [6.45, 7) is 1.09. The monoisotopic (exact) mass is 269 g/mol. The molecule has 1 aromatic rings. The molecule has 4 aliphatic rings. The summed E-state index contributed by atoms with van der Waals surface area (Å²) >= 11 is 0. The van der Waals surface area contributed by atoms with Crippen LogP contribution in [0.25, 0.3) is 0 Å². The lowest BCUT2D eigenvalue weighted by atomic mass is 9.51. The van der Waals surface area contributed by atoms with Crippen LogP contribution in [0.1, 0.15) is 49.4 Å². The van der Waals surface area contributed by atoms with E-state index in [0.717, 1.165) is 29.4 Å². The van der Waals surface area contributed by atoms with E-state index in [9.17, 15) is 0 Å². The van der Waals surface area contributed by atoms with Crippen LogP contribution in [0.15, 0.2) is 6.07 Å². The van der Waals surface area contributed by atoms with Crippen molar-refractivity contribution in [2.24, 2.45) is 29.4 Å². The first-order valence-electron chi connectivity index (χ1n) is 7.98. The first kappa shape index (κ1) is 12.5. The molecule has 4 fully saturated rings. The van der Waals surface area contributed by atoms with Crippen molar-refractivity contribution in [3.63, 3.8) is 0 Å². The largest absolute Gasteiger partial charge is 0.325 e. The molecular formula is C17H23N3. The molecule has 5 rings (SSSR count). The maximum Gasteiger partial charge on any atom is 0.102 e. The first-order chi connectivity index (χ1) is 9.78. The van der Waals surface area contributed by atoms with Gasteiger partial charge in [0.05, 0.1) is 5.69 Å². The molecule has 0 saturated heterocycles. The van der Waals surface area contributed by atoms with E-state index < -0.39 is 0 Å². The second kappa shape index (κ2) is 4.63.